The monoisotopic (exact) mass is 560 g/mol. The number of fused-ring (bicyclic) bond motifs is 1. The number of aliphatic hydroxyl groups is 1. The highest BCUT2D eigenvalue weighted by Gasteiger charge is 2.58. The molecule has 1 aliphatic rings. The van der Waals surface area contributed by atoms with Gasteiger partial charge in [-0.25, -0.2) is 14.4 Å². The van der Waals surface area contributed by atoms with E-state index in [0.29, 0.717) is 29.4 Å². The van der Waals surface area contributed by atoms with E-state index in [4.69, 9.17) is 33.2 Å². The fourth-order valence-corrected chi connectivity index (χ4v) is 3.97. The van der Waals surface area contributed by atoms with E-state index < -0.39 is 29.6 Å². The Morgan fingerprint density at radius 1 is 0.825 bits per heavy atom. The number of benzene rings is 2. The lowest BCUT2D eigenvalue weighted by Gasteiger charge is -2.30. The zero-order chi connectivity index (χ0) is 29.0. The van der Waals surface area contributed by atoms with Gasteiger partial charge >= 0.3 is 17.9 Å². The van der Waals surface area contributed by atoms with Crippen molar-refractivity contribution in [1.82, 2.24) is 0 Å². The normalized spacial score (nSPS) is 12.9. The molecule has 0 aliphatic carbocycles. The molecule has 2 aromatic rings. The van der Waals surface area contributed by atoms with Crippen LogP contribution in [-0.4, -0.2) is 67.9 Å². The number of unbranched alkanes of at least 4 members (excludes halogenated alkanes) is 2. The van der Waals surface area contributed by atoms with Gasteiger partial charge in [0.15, 0.2) is 11.5 Å². The summed E-state index contributed by atoms with van der Waals surface area (Å²) in [5.74, 6) is -1.05. The molecule has 11 nitrogen and oxygen atoms in total. The van der Waals surface area contributed by atoms with Gasteiger partial charge in [-0.05, 0) is 69.9 Å². The molecule has 0 bridgehead atoms. The minimum atomic E-state index is -2.98. The zero-order valence-electron chi connectivity index (χ0n) is 23.0. The topological polar surface area (TPSA) is 136 Å². The maximum Gasteiger partial charge on any atom is 0.353 e. The Morgan fingerprint density at radius 2 is 1.45 bits per heavy atom. The Morgan fingerprint density at radius 3 is 2.10 bits per heavy atom. The first-order chi connectivity index (χ1) is 19.3. The summed E-state index contributed by atoms with van der Waals surface area (Å²) in [6.45, 7) is 4.47. The lowest BCUT2D eigenvalue weighted by Crippen LogP contribution is -2.61. The van der Waals surface area contributed by atoms with E-state index >= 15 is 0 Å². The third kappa shape index (κ3) is 7.86. The number of hydrogen-bond acceptors (Lipinski definition) is 11. The molecule has 1 heterocycles. The Balaban J connectivity index is 1.49. The molecule has 11 heteroatoms. The number of carbonyl (C=O) groups excluding carboxylic acids is 3. The second-order valence-corrected chi connectivity index (χ2v) is 8.78. The second-order valence-electron chi connectivity index (χ2n) is 8.78. The van der Waals surface area contributed by atoms with Crippen molar-refractivity contribution >= 4 is 17.9 Å². The lowest BCUT2D eigenvalue weighted by molar-refractivity contribution is -0.208. The summed E-state index contributed by atoms with van der Waals surface area (Å²) in [6, 6.07) is 13.1. The van der Waals surface area contributed by atoms with Crippen LogP contribution in [0.4, 0.5) is 0 Å². The summed E-state index contributed by atoms with van der Waals surface area (Å²) in [4.78, 5) is 37.6. The minimum absolute atomic E-state index is 0.00703. The van der Waals surface area contributed by atoms with Gasteiger partial charge in [0, 0.05) is 12.7 Å². The van der Waals surface area contributed by atoms with Crippen molar-refractivity contribution in [3.05, 3.63) is 48.0 Å². The molecule has 0 saturated carbocycles. The van der Waals surface area contributed by atoms with Crippen LogP contribution in [-0.2, 0) is 39.8 Å². The van der Waals surface area contributed by atoms with Crippen molar-refractivity contribution in [2.24, 2.45) is 0 Å². The molecule has 0 aromatic heterocycles. The minimum Gasteiger partial charge on any atom is -0.464 e. The van der Waals surface area contributed by atoms with Crippen molar-refractivity contribution in [3.63, 3.8) is 0 Å². The Kier molecular flexibility index (Phi) is 11.6. The van der Waals surface area contributed by atoms with Crippen molar-refractivity contribution in [2.45, 2.75) is 58.2 Å². The number of hydrogen-bond donors (Lipinski definition) is 1. The molecule has 1 aliphatic heterocycles. The van der Waals surface area contributed by atoms with Gasteiger partial charge in [-0.2, -0.15) is 0 Å². The first-order valence-electron chi connectivity index (χ1n) is 13.3. The van der Waals surface area contributed by atoms with Crippen LogP contribution in [0.15, 0.2) is 42.5 Å². The lowest BCUT2D eigenvalue weighted by atomic mass is 9.96. The molecule has 1 N–H and O–H groups in total. The molecule has 1 unspecified atom stereocenters. The van der Waals surface area contributed by atoms with Crippen molar-refractivity contribution in [1.29, 1.82) is 0 Å². The van der Waals surface area contributed by atoms with Crippen LogP contribution in [0.5, 0.6) is 23.0 Å². The molecule has 2 aromatic carbocycles. The number of esters is 3. The standard InChI is InChI=1S/C29H36O11/c1-4-34-26(30)25(29(33,27(31)35-5-2)28(32)36-6-3)37-17-9-7-8-10-20-11-13-21(14-12-20)40-22-15-16-23-24(18-22)39-19-38-23/h11-16,18,25,33H,4-10,17,19H2,1-3H3. The van der Waals surface area contributed by atoms with Gasteiger partial charge in [-0.15, -0.1) is 0 Å². The highest BCUT2D eigenvalue weighted by atomic mass is 16.7. The first kappa shape index (κ1) is 30.7. The molecule has 0 amide bonds. The van der Waals surface area contributed by atoms with E-state index in [0.717, 1.165) is 24.8 Å². The van der Waals surface area contributed by atoms with Crippen LogP contribution < -0.4 is 14.2 Å². The third-order valence-electron chi connectivity index (χ3n) is 5.95. The molecule has 1 atom stereocenters. The predicted octanol–water partition coefficient (Wildman–Crippen LogP) is 3.73. The van der Waals surface area contributed by atoms with E-state index in [1.54, 1.807) is 19.1 Å². The maximum atomic E-state index is 12.6. The smallest absolute Gasteiger partial charge is 0.353 e. The van der Waals surface area contributed by atoms with Crippen molar-refractivity contribution in [2.75, 3.05) is 33.2 Å². The summed E-state index contributed by atoms with van der Waals surface area (Å²) >= 11 is 0. The largest absolute Gasteiger partial charge is 0.464 e. The molecule has 218 valence electrons. The number of carbonyl (C=O) groups is 3. The SMILES string of the molecule is CCOC(=O)C(OCCCCCc1ccc(Oc2ccc3c(c2)OCO3)cc1)C(O)(C(=O)OCC)C(=O)OCC. The molecule has 0 saturated heterocycles. The van der Waals surface area contributed by atoms with E-state index in [1.807, 2.05) is 30.3 Å². The zero-order valence-corrected chi connectivity index (χ0v) is 23.0. The Hall–Kier alpha value is -3.83. The molecule has 3 rings (SSSR count). The molecular formula is C29H36O11. The average molecular weight is 561 g/mol. The second kappa shape index (κ2) is 15.1. The van der Waals surface area contributed by atoms with Gasteiger partial charge in [0.25, 0.3) is 5.60 Å². The summed E-state index contributed by atoms with van der Waals surface area (Å²) in [5, 5.41) is 11.0. The molecule has 0 radical (unpaired) electrons. The van der Waals surface area contributed by atoms with Crippen molar-refractivity contribution < 1.29 is 52.6 Å². The Labute approximate surface area is 233 Å². The maximum absolute atomic E-state index is 12.6. The van der Waals surface area contributed by atoms with Crippen LogP contribution in [0.25, 0.3) is 0 Å². The summed E-state index contributed by atoms with van der Waals surface area (Å²) in [6.07, 6.45) is 0.908. The van der Waals surface area contributed by atoms with Gasteiger partial charge < -0.3 is 38.3 Å². The molecule has 0 fully saturated rings. The van der Waals surface area contributed by atoms with E-state index in [9.17, 15) is 19.5 Å². The fourth-order valence-electron chi connectivity index (χ4n) is 3.97. The molecular weight excluding hydrogens is 524 g/mol. The van der Waals surface area contributed by atoms with Gasteiger partial charge in [0.05, 0.1) is 19.8 Å². The summed E-state index contributed by atoms with van der Waals surface area (Å²) < 4.78 is 36.8. The predicted molar refractivity (Wildman–Crippen MR) is 141 cm³/mol. The van der Waals surface area contributed by atoms with Crippen LogP contribution in [0.2, 0.25) is 0 Å². The van der Waals surface area contributed by atoms with Crippen LogP contribution in [0, 0.1) is 0 Å². The summed E-state index contributed by atoms with van der Waals surface area (Å²) in [5.41, 5.74) is -1.87. The van der Waals surface area contributed by atoms with E-state index in [2.05, 4.69) is 0 Å². The first-order valence-corrected chi connectivity index (χ1v) is 13.3. The van der Waals surface area contributed by atoms with Crippen LogP contribution >= 0.6 is 0 Å². The van der Waals surface area contributed by atoms with Gasteiger partial charge in [-0.3, -0.25) is 0 Å². The quantitative estimate of drug-likeness (QED) is 0.139. The third-order valence-corrected chi connectivity index (χ3v) is 5.95. The van der Waals surface area contributed by atoms with Gasteiger partial charge in [0.2, 0.25) is 12.9 Å². The number of ether oxygens (including phenoxy) is 7. The Bertz CT molecular complexity index is 1110. The number of rotatable bonds is 16. The van der Waals surface area contributed by atoms with Crippen LogP contribution in [0.3, 0.4) is 0 Å². The van der Waals surface area contributed by atoms with E-state index in [1.165, 1.54) is 13.8 Å². The average Bonchev–Trinajstić information content (AvgIpc) is 3.41. The van der Waals surface area contributed by atoms with Gasteiger partial charge in [0.1, 0.15) is 11.5 Å². The van der Waals surface area contributed by atoms with E-state index in [-0.39, 0.29) is 33.2 Å². The fraction of sp³-hybridized carbons (Fsp3) is 0.483. The van der Waals surface area contributed by atoms with Gasteiger partial charge in [-0.1, -0.05) is 18.6 Å². The van der Waals surface area contributed by atoms with Crippen molar-refractivity contribution in [3.8, 4) is 23.0 Å². The van der Waals surface area contributed by atoms with Crippen LogP contribution in [0.1, 0.15) is 45.6 Å². The molecule has 40 heavy (non-hydrogen) atoms. The highest BCUT2D eigenvalue weighted by molar-refractivity contribution is 6.08. The highest BCUT2D eigenvalue weighted by Crippen LogP contribution is 2.36. The summed E-state index contributed by atoms with van der Waals surface area (Å²) in [7, 11) is 0. The molecule has 0 spiro atoms. The number of aryl methyl sites for hydroxylation is 1.